The molecule has 25 heavy (non-hydrogen) atoms. The Morgan fingerprint density at radius 2 is 2.04 bits per heavy atom. The number of ether oxygens (including phenoxy) is 2. The number of carbonyl (C=O) groups is 1. The van der Waals surface area contributed by atoms with E-state index in [0.717, 1.165) is 16.5 Å². The quantitative estimate of drug-likeness (QED) is 0.792. The number of aromatic nitrogens is 1. The van der Waals surface area contributed by atoms with Crippen LogP contribution in [0.5, 0.6) is 0 Å². The van der Waals surface area contributed by atoms with Gasteiger partial charge in [0, 0.05) is 17.7 Å². The highest BCUT2D eigenvalue weighted by Crippen LogP contribution is 2.29. The summed E-state index contributed by atoms with van der Waals surface area (Å²) in [5.74, 6) is 0.505. The Bertz CT molecular complexity index is 870. The topological polar surface area (TPSA) is 73.6 Å². The fraction of sp³-hybridized carbons (Fsp3) is 0.263. The third kappa shape index (κ3) is 3.40. The molecule has 1 atom stereocenters. The van der Waals surface area contributed by atoms with E-state index in [4.69, 9.17) is 14.0 Å². The first kappa shape index (κ1) is 15.8. The van der Waals surface area contributed by atoms with Crippen LogP contribution in [0.15, 0.2) is 53.1 Å². The van der Waals surface area contributed by atoms with E-state index in [9.17, 15) is 4.79 Å². The van der Waals surface area contributed by atoms with Gasteiger partial charge in [-0.15, -0.1) is 0 Å². The molecule has 3 aromatic rings. The molecule has 1 aliphatic rings. The van der Waals surface area contributed by atoms with Crippen molar-refractivity contribution in [3.05, 3.63) is 54.1 Å². The van der Waals surface area contributed by atoms with Gasteiger partial charge in [-0.25, -0.2) is 0 Å². The predicted octanol–water partition coefficient (Wildman–Crippen LogP) is 2.64. The maximum absolute atomic E-state index is 12.4. The van der Waals surface area contributed by atoms with Crippen LogP contribution in [0.1, 0.15) is 10.4 Å². The smallest absolute Gasteiger partial charge is 0.251 e. The van der Waals surface area contributed by atoms with Crippen molar-refractivity contribution in [3.63, 3.8) is 0 Å². The zero-order chi connectivity index (χ0) is 17.1. The summed E-state index contributed by atoms with van der Waals surface area (Å²) in [5, 5.41) is 7.78. The minimum absolute atomic E-state index is 0.100. The van der Waals surface area contributed by atoms with E-state index >= 15 is 0 Å². The van der Waals surface area contributed by atoms with Gasteiger partial charge in [-0.1, -0.05) is 35.5 Å². The molecule has 1 amide bonds. The molecular weight excluding hydrogens is 320 g/mol. The third-order valence-electron chi connectivity index (χ3n) is 4.15. The summed E-state index contributed by atoms with van der Waals surface area (Å²) in [7, 11) is 0. The van der Waals surface area contributed by atoms with Gasteiger partial charge in [0.1, 0.15) is 5.52 Å². The van der Waals surface area contributed by atoms with E-state index in [1.165, 1.54) is 0 Å². The van der Waals surface area contributed by atoms with Gasteiger partial charge in [-0.3, -0.25) is 4.79 Å². The van der Waals surface area contributed by atoms with Gasteiger partial charge < -0.3 is 19.3 Å². The predicted molar refractivity (Wildman–Crippen MR) is 92.3 cm³/mol. The van der Waals surface area contributed by atoms with Gasteiger partial charge in [0.05, 0.1) is 31.3 Å². The van der Waals surface area contributed by atoms with E-state index in [-0.39, 0.29) is 12.0 Å². The molecule has 0 saturated carbocycles. The lowest BCUT2D eigenvalue weighted by atomic mass is 10.1. The minimum atomic E-state index is -0.156. The van der Waals surface area contributed by atoms with Crippen molar-refractivity contribution >= 4 is 16.8 Å². The average molecular weight is 338 g/mol. The molecule has 1 saturated heterocycles. The number of nitrogens with zero attached hydrogens (tertiary/aromatic N) is 1. The van der Waals surface area contributed by atoms with Crippen LogP contribution in [0.3, 0.4) is 0 Å². The zero-order valence-corrected chi connectivity index (χ0v) is 13.6. The standard InChI is InChI=1S/C19H18N2O4/c22-19(20-11-15-12-23-8-9-24-15)14-6-7-17-16(10-14)18(25-21-17)13-4-2-1-3-5-13/h1-7,10,15H,8-9,11-12H2,(H,20,22)/t15-/m0/s1. The maximum atomic E-state index is 12.4. The molecule has 128 valence electrons. The van der Waals surface area contributed by atoms with Crippen molar-refractivity contribution < 1.29 is 18.8 Å². The van der Waals surface area contributed by atoms with Gasteiger partial charge >= 0.3 is 0 Å². The van der Waals surface area contributed by atoms with Crippen LogP contribution in [-0.2, 0) is 9.47 Å². The van der Waals surface area contributed by atoms with Crippen LogP contribution < -0.4 is 5.32 Å². The molecule has 4 rings (SSSR count). The first-order valence-electron chi connectivity index (χ1n) is 8.23. The SMILES string of the molecule is O=C(NC[C@H]1COCCO1)c1ccc2noc(-c3ccccc3)c2c1. The fourth-order valence-corrected chi connectivity index (χ4v) is 2.84. The number of hydrogen-bond donors (Lipinski definition) is 1. The number of rotatable bonds is 4. The number of amides is 1. The first-order chi connectivity index (χ1) is 12.3. The van der Waals surface area contributed by atoms with E-state index in [1.807, 2.05) is 36.4 Å². The van der Waals surface area contributed by atoms with Gasteiger partial charge in [0.15, 0.2) is 5.76 Å². The van der Waals surface area contributed by atoms with Crippen molar-refractivity contribution in [1.29, 1.82) is 0 Å². The summed E-state index contributed by atoms with van der Waals surface area (Å²) >= 11 is 0. The molecular formula is C19H18N2O4. The summed E-state index contributed by atoms with van der Waals surface area (Å²) in [6, 6.07) is 15.1. The summed E-state index contributed by atoms with van der Waals surface area (Å²) in [6.45, 7) is 2.10. The molecule has 0 spiro atoms. The van der Waals surface area contributed by atoms with Crippen LogP contribution in [0, 0.1) is 0 Å². The number of carbonyl (C=O) groups excluding carboxylic acids is 1. The van der Waals surface area contributed by atoms with E-state index in [2.05, 4.69) is 10.5 Å². The second-order valence-electron chi connectivity index (χ2n) is 5.89. The molecule has 0 bridgehead atoms. The molecule has 6 nitrogen and oxygen atoms in total. The summed E-state index contributed by atoms with van der Waals surface area (Å²) in [4.78, 5) is 12.4. The monoisotopic (exact) mass is 338 g/mol. The van der Waals surface area contributed by atoms with E-state index in [1.54, 1.807) is 12.1 Å². The molecule has 1 aromatic heterocycles. The minimum Gasteiger partial charge on any atom is -0.376 e. The Hall–Kier alpha value is -2.70. The second-order valence-corrected chi connectivity index (χ2v) is 5.89. The largest absolute Gasteiger partial charge is 0.376 e. The highest BCUT2D eigenvalue weighted by molar-refractivity contribution is 6.00. The van der Waals surface area contributed by atoms with Crippen LogP contribution in [0.2, 0.25) is 0 Å². The lowest BCUT2D eigenvalue weighted by molar-refractivity contribution is -0.0855. The Labute approximate surface area is 144 Å². The van der Waals surface area contributed by atoms with Gasteiger partial charge in [0.2, 0.25) is 0 Å². The third-order valence-corrected chi connectivity index (χ3v) is 4.15. The Morgan fingerprint density at radius 1 is 1.16 bits per heavy atom. The van der Waals surface area contributed by atoms with Crippen molar-refractivity contribution in [2.75, 3.05) is 26.4 Å². The molecule has 2 heterocycles. The number of fused-ring (bicyclic) bond motifs is 1. The highest BCUT2D eigenvalue weighted by Gasteiger charge is 2.17. The number of nitrogens with one attached hydrogen (secondary N) is 1. The van der Waals surface area contributed by atoms with Gasteiger partial charge in [0.25, 0.3) is 5.91 Å². The van der Waals surface area contributed by atoms with Gasteiger partial charge in [-0.2, -0.15) is 0 Å². The number of benzene rings is 2. The zero-order valence-electron chi connectivity index (χ0n) is 13.6. The molecule has 1 N–H and O–H groups in total. The maximum Gasteiger partial charge on any atom is 0.251 e. The lowest BCUT2D eigenvalue weighted by Crippen LogP contribution is -2.39. The highest BCUT2D eigenvalue weighted by atomic mass is 16.6. The first-order valence-corrected chi connectivity index (χ1v) is 8.23. The molecule has 2 aromatic carbocycles. The average Bonchev–Trinajstić information content (AvgIpc) is 3.11. The summed E-state index contributed by atoms with van der Waals surface area (Å²) in [6.07, 6.45) is -0.100. The normalized spacial score (nSPS) is 17.5. The molecule has 0 unspecified atom stereocenters. The van der Waals surface area contributed by atoms with Crippen LogP contribution >= 0.6 is 0 Å². The Balaban J connectivity index is 1.54. The van der Waals surface area contributed by atoms with Crippen molar-refractivity contribution in [2.45, 2.75) is 6.10 Å². The van der Waals surface area contributed by atoms with Crippen LogP contribution in [-0.4, -0.2) is 43.5 Å². The molecule has 0 radical (unpaired) electrons. The lowest BCUT2D eigenvalue weighted by Gasteiger charge is -2.23. The van der Waals surface area contributed by atoms with Crippen molar-refractivity contribution in [2.24, 2.45) is 0 Å². The second kappa shape index (κ2) is 7.04. The fourth-order valence-electron chi connectivity index (χ4n) is 2.84. The van der Waals surface area contributed by atoms with E-state index in [0.29, 0.717) is 37.7 Å². The van der Waals surface area contributed by atoms with E-state index < -0.39 is 0 Å². The van der Waals surface area contributed by atoms with Crippen LogP contribution in [0.4, 0.5) is 0 Å². The van der Waals surface area contributed by atoms with Crippen molar-refractivity contribution in [1.82, 2.24) is 10.5 Å². The Morgan fingerprint density at radius 3 is 2.84 bits per heavy atom. The summed E-state index contributed by atoms with van der Waals surface area (Å²) in [5.41, 5.74) is 2.21. The van der Waals surface area contributed by atoms with Crippen LogP contribution in [0.25, 0.3) is 22.2 Å². The van der Waals surface area contributed by atoms with Crippen molar-refractivity contribution in [3.8, 4) is 11.3 Å². The molecule has 1 aliphatic heterocycles. The number of hydrogen-bond acceptors (Lipinski definition) is 5. The summed E-state index contributed by atoms with van der Waals surface area (Å²) < 4.78 is 16.3. The molecule has 0 aliphatic carbocycles. The van der Waals surface area contributed by atoms with Gasteiger partial charge in [-0.05, 0) is 18.2 Å². The Kier molecular flexibility index (Phi) is 4.45. The molecule has 6 heteroatoms. The molecule has 1 fully saturated rings.